The number of fused-ring (bicyclic) bond motifs is 1. The molecule has 0 N–H and O–H groups in total. The maximum absolute atomic E-state index is 13.5. The van der Waals surface area contributed by atoms with Crippen LogP contribution in [0.3, 0.4) is 0 Å². The topological polar surface area (TPSA) is 9.23 Å². The van der Waals surface area contributed by atoms with Crippen molar-refractivity contribution in [1.82, 2.24) is 0 Å². The molecule has 1 aliphatic heterocycles. The van der Waals surface area contributed by atoms with Gasteiger partial charge in [-0.3, -0.25) is 0 Å². The molecule has 0 amide bonds. The lowest BCUT2D eigenvalue weighted by Crippen LogP contribution is -2.16. The number of para-hydroxylation sites is 1. The Kier molecular flexibility index (Phi) is 1.19. The molecule has 0 aromatic heterocycles. The van der Waals surface area contributed by atoms with Gasteiger partial charge in [-0.25, -0.2) is 4.39 Å². The summed E-state index contributed by atoms with van der Waals surface area (Å²) >= 11 is 0. The Balaban J connectivity index is 2.56. The summed E-state index contributed by atoms with van der Waals surface area (Å²) in [5, 5.41) is 0. The van der Waals surface area contributed by atoms with Crippen LogP contribution in [0.25, 0.3) is 0 Å². The Morgan fingerprint density at radius 1 is 1.45 bits per heavy atom. The number of rotatable bonds is 0. The summed E-state index contributed by atoms with van der Waals surface area (Å²) < 4.78 is 18.6. The van der Waals surface area contributed by atoms with Gasteiger partial charge >= 0.3 is 0 Å². The average Bonchev–Trinajstić information content (AvgIpc) is 2.29. The number of hydrogen-bond donors (Lipinski definition) is 0. The highest BCUT2D eigenvalue weighted by atomic mass is 19.1. The maximum atomic E-state index is 13.5. The molecule has 1 nitrogen and oxygen atoms in total. The molecule has 1 aromatic rings. The van der Waals surface area contributed by atoms with Crippen molar-refractivity contribution in [1.29, 1.82) is 0 Å². The summed E-state index contributed by atoms with van der Waals surface area (Å²) in [4.78, 5) is 0. The van der Waals surface area contributed by atoms with Gasteiger partial charge in [-0.1, -0.05) is 18.2 Å². The van der Waals surface area contributed by atoms with E-state index in [0.29, 0.717) is 11.3 Å². The van der Waals surface area contributed by atoms with Crippen molar-refractivity contribution in [3.8, 4) is 5.75 Å². The molecule has 2 rings (SSSR count). The van der Waals surface area contributed by atoms with Crippen molar-refractivity contribution in [2.45, 2.75) is 12.6 Å². The van der Waals surface area contributed by atoms with Gasteiger partial charge < -0.3 is 4.74 Å². The molecule has 1 unspecified atom stereocenters. The van der Waals surface area contributed by atoms with Gasteiger partial charge in [0.15, 0.2) is 5.67 Å². The fourth-order valence-electron chi connectivity index (χ4n) is 1.31. The maximum Gasteiger partial charge on any atom is 0.170 e. The van der Waals surface area contributed by atoms with Crippen LogP contribution < -0.4 is 4.74 Å². The number of halogens is 1. The van der Waals surface area contributed by atoms with Gasteiger partial charge in [-0.05, 0) is 13.0 Å². The highest BCUT2D eigenvalue weighted by Crippen LogP contribution is 2.38. The molecule has 0 radical (unpaired) electrons. The smallest absolute Gasteiger partial charge is 0.170 e. The first-order valence-electron chi connectivity index (χ1n) is 3.61. The Bertz CT molecular complexity index is 281. The summed E-state index contributed by atoms with van der Waals surface area (Å²) in [5.41, 5.74) is -0.628. The second kappa shape index (κ2) is 1.97. The molecular weight excluding hydrogens is 143 g/mol. The third kappa shape index (κ3) is 0.897. The molecule has 0 aliphatic carbocycles. The first kappa shape index (κ1) is 6.65. The predicted molar refractivity (Wildman–Crippen MR) is 40.4 cm³/mol. The lowest BCUT2D eigenvalue weighted by atomic mass is 10.0. The van der Waals surface area contributed by atoms with E-state index in [1.165, 1.54) is 0 Å². The van der Waals surface area contributed by atoms with Crippen LogP contribution in [0.1, 0.15) is 12.5 Å². The summed E-state index contributed by atoms with van der Waals surface area (Å²) in [7, 11) is 0. The second-order valence-electron chi connectivity index (χ2n) is 2.98. The Labute approximate surface area is 64.8 Å². The van der Waals surface area contributed by atoms with Gasteiger partial charge in [0, 0.05) is 5.56 Å². The fraction of sp³-hybridized carbons (Fsp3) is 0.333. The van der Waals surface area contributed by atoms with Crippen molar-refractivity contribution < 1.29 is 9.13 Å². The highest BCUT2D eigenvalue weighted by molar-refractivity contribution is 5.40. The van der Waals surface area contributed by atoms with Crippen molar-refractivity contribution >= 4 is 0 Å². The van der Waals surface area contributed by atoms with Crippen LogP contribution >= 0.6 is 0 Å². The number of alkyl halides is 1. The van der Waals surface area contributed by atoms with Crippen LogP contribution in [-0.2, 0) is 5.67 Å². The molecule has 0 fully saturated rings. The summed E-state index contributed by atoms with van der Waals surface area (Å²) in [5.74, 6) is 0.678. The molecule has 0 saturated heterocycles. The SMILES string of the molecule is CC1(F)COc2ccccc21. The molecule has 0 bridgehead atoms. The summed E-state index contributed by atoms with van der Waals surface area (Å²) in [6, 6.07) is 7.23. The third-order valence-electron chi connectivity index (χ3n) is 1.95. The molecular formula is C9H9FO. The van der Waals surface area contributed by atoms with E-state index in [-0.39, 0.29) is 6.61 Å². The van der Waals surface area contributed by atoms with Crippen LogP contribution in [0.2, 0.25) is 0 Å². The van der Waals surface area contributed by atoms with Crippen LogP contribution in [0.4, 0.5) is 4.39 Å². The number of hydrogen-bond acceptors (Lipinski definition) is 1. The first-order chi connectivity index (χ1) is 5.20. The molecule has 1 aliphatic rings. The zero-order valence-electron chi connectivity index (χ0n) is 6.30. The zero-order chi connectivity index (χ0) is 7.90. The van der Waals surface area contributed by atoms with Gasteiger partial charge in [-0.15, -0.1) is 0 Å². The minimum Gasteiger partial charge on any atom is -0.489 e. The number of benzene rings is 1. The molecule has 1 atom stereocenters. The lowest BCUT2D eigenvalue weighted by Gasteiger charge is -2.09. The Morgan fingerprint density at radius 3 is 2.91 bits per heavy atom. The van der Waals surface area contributed by atoms with Crippen molar-refractivity contribution in [2.24, 2.45) is 0 Å². The summed E-state index contributed by atoms with van der Waals surface area (Å²) in [6.07, 6.45) is 0. The van der Waals surface area contributed by atoms with E-state index in [1.807, 2.05) is 12.1 Å². The normalized spacial score (nSPS) is 27.8. The van der Waals surface area contributed by atoms with Crippen molar-refractivity contribution in [2.75, 3.05) is 6.61 Å². The molecule has 11 heavy (non-hydrogen) atoms. The molecule has 0 saturated carbocycles. The molecule has 58 valence electrons. The Morgan fingerprint density at radius 2 is 2.18 bits per heavy atom. The first-order valence-corrected chi connectivity index (χ1v) is 3.61. The van der Waals surface area contributed by atoms with E-state index in [1.54, 1.807) is 19.1 Å². The minimum absolute atomic E-state index is 0.145. The van der Waals surface area contributed by atoms with E-state index >= 15 is 0 Å². The van der Waals surface area contributed by atoms with Gasteiger partial charge in [0.25, 0.3) is 0 Å². The van der Waals surface area contributed by atoms with Crippen LogP contribution in [0.5, 0.6) is 5.75 Å². The van der Waals surface area contributed by atoms with Crippen molar-refractivity contribution in [3.63, 3.8) is 0 Å². The quantitative estimate of drug-likeness (QED) is 0.554. The van der Waals surface area contributed by atoms with Crippen LogP contribution in [0.15, 0.2) is 24.3 Å². The van der Waals surface area contributed by atoms with Gasteiger partial charge in [0.2, 0.25) is 0 Å². The second-order valence-corrected chi connectivity index (χ2v) is 2.98. The molecule has 2 heteroatoms. The zero-order valence-corrected chi connectivity index (χ0v) is 6.30. The third-order valence-corrected chi connectivity index (χ3v) is 1.95. The molecule has 1 heterocycles. The van der Waals surface area contributed by atoms with Crippen LogP contribution in [-0.4, -0.2) is 6.61 Å². The lowest BCUT2D eigenvalue weighted by molar-refractivity contribution is 0.141. The minimum atomic E-state index is -1.30. The summed E-state index contributed by atoms with van der Waals surface area (Å²) in [6.45, 7) is 1.69. The van der Waals surface area contributed by atoms with E-state index in [2.05, 4.69) is 0 Å². The average molecular weight is 152 g/mol. The van der Waals surface area contributed by atoms with E-state index < -0.39 is 5.67 Å². The molecule has 0 spiro atoms. The van der Waals surface area contributed by atoms with Crippen LogP contribution in [0, 0.1) is 0 Å². The fourth-order valence-corrected chi connectivity index (χ4v) is 1.31. The van der Waals surface area contributed by atoms with Gasteiger partial charge in [0.05, 0.1) is 0 Å². The van der Waals surface area contributed by atoms with Gasteiger partial charge in [-0.2, -0.15) is 0 Å². The van der Waals surface area contributed by atoms with E-state index in [4.69, 9.17) is 4.74 Å². The molecule has 1 aromatic carbocycles. The highest BCUT2D eigenvalue weighted by Gasteiger charge is 2.35. The van der Waals surface area contributed by atoms with E-state index in [9.17, 15) is 4.39 Å². The van der Waals surface area contributed by atoms with Gasteiger partial charge in [0.1, 0.15) is 12.4 Å². The van der Waals surface area contributed by atoms with E-state index in [0.717, 1.165) is 0 Å². The number of ether oxygens (including phenoxy) is 1. The van der Waals surface area contributed by atoms with Crippen molar-refractivity contribution in [3.05, 3.63) is 29.8 Å². The monoisotopic (exact) mass is 152 g/mol. The predicted octanol–water partition coefficient (Wildman–Crippen LogP) is 2.26. The standard InChI is InChI=1S/C9H9FO/c1-9(10)6-11-8-5-3-2-4-7(8)9/h2-5H,6H2,1H3. The largest absolute Gasteiger partial charge is 0.489 e. The Hall–Kier alpha value is -1.05.